The molecule has 1 rings (SSSR count). The highest BCUT2D eigenvalue weighted by molar-refractivity contribution is 7.99. The van der Waals surface area contributed by atoms with Gasteiger partial charge in [0.1, 0.15) is 0 Å². The van der Waals surface area contributed by atoms with Crippen molar-refractivity contribution in [1.82, 2.24) is 15.0 Å². The van der Waals surface area contributed by atoms with Gasteiger partial charge >= 0.3 is 6.01 Å². The van der Waals surface area contributed by atoms with Crippen LogP contribution in [-0.4, -0.2) is 34.4 Å². The zero-order valence-corrected chi connectivity index (χ0v) is 11.0. The van der Waals surface area contributed by atoms with Crippen molar-refractivity contribution in [2.45, 2.75) is 25.9 Å². The Morgan fingerprint density at radius 1 is 1.31 bits per heavy atom. The Bertz CT molecular complexity index is 333. The Morgan fingerprint density at radius 3 is 2.62 bits per heavy atom. The summed E-state index contributed by atoms with van der Waals surface area (Å²) in [5.41, 5.74) is 0. The molecule has 0 aliphatic rings. The zero-order chi connectivity index (χ0) is 12.0. The van der Waals surface area contributed by atoms with Crippen molar-refractivity contribution in [2.75, 3.05) is 24.7 Å². The number of aromatic nitrogens is 3. The molecule has 0 atom stereocenters. The molecule has 0 aromatic carbocycles. The van der Waals surface area contributed by atoms with E-state index in [1.54, 1.807) is 18.8 Å². The molecule has 0 amide bonds. The highest BCUT2D eigenvalue weighted by atomic mass is 32.2. The predicted octanol–water partition coefficient (Wildman–Crippen LogP) is 2.06. The van der Waals surface area contributed by atoms with Crippen LogP contribution in [0.5, 0.6) is 6.01 Å². The number of rotatable bonds is 6. The van der Waals surface area contributed by atoms with E-state index in [1.165, 1.54) is 0 Å². The average Bonchev–Trinajstić information content (AvgIpc) is 2.26. The highest BCUT2D eigenvalue weighted by Crippen LogP contribution is 2.19. The molecule has 1 aromatic heterocycles. The number of anilines is 1. The van der Waals surface area contributed by atoms with E-state index >= 15 is 0 Å². The lowest BCUT2D eigenvalue weighted by Crippen LogP contribution is -2.05. The summed E-state index contributed by atoms with van der Waals surface area (Å²) in [5.74, 6) is 2.14. The minimum Gasteiger partial charge on any atom is -0.464 e. The maximum Gasteiger partial charge on any atom is 0.322 e. The van der Waals surface area contributed by atoms with Gasteiger partial charge in [0, 0.05) is 12.8 Å². The first-order valence-electron chi connectivity index (χ1n) is 5.35. The minimum absolute atomic E-state index is 0.383. The van der Waals surface area contributed by atoms with Gasteiger partial charge in [-0.15, -0.1) is 0 Å². The first-order chi connectivity index (χ1) is 7.65. The average molecular weight is 242 g/mol. The zero-order valence-electron chi connectivity index (χ0n) is 10.1. The van der Waals surface area contributed by atoms with Crippen molar-refractivity contribution in [3.8, 4) is 6.01 Å². The molecule has 0 fully saturated rings. The molecular weight excluding hydrogens is 224 g/mol. The summed E-state index contributed by atoms with van der Waals surface area (Å²) >= 11 is 1.62. The van der Waals surface area contributed by atoms with E-state index in [4.69, 9.17) is 4.74 Å². The van der Waals surface area contributed by atoms with Crippen molar-refractivity contribution in [2.24, 2.45) is 5.92 Å². The van der Waals surface area contributed by atoms with Gasteiger partial charge in [0.25, 0.3) is 0 Å². The van der Waals surface area contributed by atoms with E-state index in [0.29, 0.717) is 29.6 Å². The van der Waals surface area contributed by atoms with Gasteiger partial charge in [-0.3, -0.25) is 0 Å². The molecule has 0 aliphatic carbocycles. The Morgan fingerprint density at radius 2 is 2.06 bits per heavy atom. The summed E-state index contributed by atoms with van der Waals surface area (Å²) in [6, 6.07) is 0.383. The number of hydrogen-bond acceptors (Lipinski definition) is 6. The molecule has 1 heterocycles. The lowest BCUT2D eigenvalue weighted by atomic mass is 10.3. The summed E-state index contributed by atoms with van der Waals surface area (Å²) in [6.45, 7) is 6.79. The highest BCUT2D eigenvalue weighted by Gasteiger charge is 2.07. The Kier molecular flexibility index (Phi) is 5.31. The van der Waals surface area contributed by atoms with Crippen molar-refractivity contribution >= 4 is 17.7 Å². The number of thioether (sulfide) groups is 1. The van der Waals surface area contributed by atoms with E-state index < -0.39 is 0 Å². The summed E-state index contributed by atoms with van der Waals surface area (Å²) in [5, 5.41) is 3.60. The van der Waals surface area contributed by atoms with Crippen LogP contribution >= 0.6 is 11.8 Å². The molecule has 1 aromatic rings. The van der Waals surface area contributed by atoms with Crippen molar-refractivity contribution in [1.29, 1.82) is 0 Å². The van der Waals surface area contributed by atoms with Crippen molar-refractivity contribution < 1.29 is 4.74 Å². The Labute approximate surface area is 100 Å². The largest absolute Gasteiger partial charge is 0.464 e. The van der Waals surface area contributed by atoms with Crippen molar-refractivity contribution in [3.63, 3.8) is 0 Å². The topological polar surface area (TPSA) is 59.9 Å². The molecule has 0 aliphatic heterocycles. The molecule has 0 spiro atoms. The third kappa shape index (κ3) is 4.22. The van der Waals surface area contributed by atoms with Gasteiger partial charge in [-0.2, -0.15) is 15.0 Å². The smallest absolute Gasteiger partial charge is 0.322 e. The quantitative estimate of drug-likeness (QED) is 0.770. The van der Waals surface area contributed by atoms with Crippen LogP contribution in [-0.2, 0) is 0 Å². The van der Waals surface area contributed by atoms with Crippen LogP contribution in [0.15, 0.2) is 5.16 Å². The van der Waals surface area contributed by atoms with Gasteiger partial charge in [-0.1, -0.05) is 25.6 Å². The number of nitrogens with zero attached hydrogens (tertiary/aromatic N) is 3. The van der Waals surface area contributed by atoms with Gasteiger partial charge in [-0.05, 0) is 12.8 Å². The molecule has 1 N–H and O–H groups in total. The normalized spacial score (nSPS) is 10.6. The van der Waals surface area contributed by atoms with Crippen LogP contribution in [0.4, 0.5) is 5.95 Å². The van der Waals surface area contributed by atoms with E-state index in [0.717, 1.165) is 5.75 Å². The molecule has 6 heteroatoms. The maximum atomic E-state index is 5.28. The molecule has 90 valence electrons. The molecule has 0 saturated carbocycles. The standard InChI is InChI=1S/C10H18N4OS/c1-5-15-9-12-8(11-4)13-10(14-9)16-6-7(2)3/h7H,5-6H2,1-4H3,(H,11,12,13,14). The lowest BCUT2D eigenvalue weighted by Gasteiger charge is -2.07. The summed E-state index contributed by atoms with van der Waals surface area (Å²) in [6.07, 6.45) is 0. The third-order valence-corrected chi connectivity index (χ3v) is 2.91. The van der Waals surface area contributed by atoms with Crippen molar-refractivity contribution in [3.05, 3.63) is 0 Å². The molecule has 0 saturated heterocycles. The number of ether oxygens (including phenoxy) is 1. The number of hydrogen-bond donors (Lipinski definition) is 1. The van der Waals surface area contributed by atoms with Gasteiger partial charge in [0.05, 0.1) is 6.61 Å². The summed E-state index contributed by atoms with van der Waals surface area (Å²) < 4.78 is 5.28. The fraction of sp³-hybridized carbons (Fsp3) is 0.700. The van der Waals surface area contributed by atoms with Crippen LogP contribution in [0, 0.1) is 5.92 Å². The third-order valence-electron chi connectivity index (χ3n) is 1.64. The van der Waals surface area contributed by atoms with Gasteiger partial charge in [0.15, 0.2) is 5.16 Å². The summed E-state index contributed by atoms with van der Waals surface area (Å²) in [4.78, 5) is 12.6. The van der Waals surface area contributed by atoms with Gasteiger partial charge in [-0.25, -0.2) is 0 Å². The minimum atomic E-state index is 0.383. The second-order valence-corrected chi connectivity index (χ2v) is 4.60. The Hall–Kier alpha value is -1.04. The molecule has 0 bridgehead atoms. The first kappa shape index (κ1) is 13.0. The van der Waals surface area contributed by atoms with E-state index in [-0.39, 0.29) is 0 Å². The first-order valence-corrected chi connectivity index (χ1v) is 6.33. The van der Waals surface area contributed by atoms with Gasteiger partial charge < -0.3 is 10.1 Å². The SMILES string of the molecule is CCOc1nc(NC)nc(SCC(C)C)n1. The van der Waals surface area contributed by atoms with Crippen LogP contribution in [0.25, 0.3) is 0 Å². The van der Waals surface area contributed by atoms with E-state index in [2.05, 4.69) is 34.1 Å². The maximum absolute atomic E-state index is 5.28. The fourth-order valence-electron chi connectivity index (χ4n) is 0.949. The number of nitrogens with one attached hydrogen (secondary N) is 1. The summed E-state index contributed by atoms with van der Waals surface area (Å²) in [7, 11) is 1.78. The van der Waals surface area contributed by atoms with Gasteiger partial charge in [0.2, 0.25) is 5.95 Å². The van der Waals surface area contributed by atoms with Crippen LogP contribution in [0.1, 0.15) is 20.8 Å². The van der Waals surface area contributed by atoms with Crippen LogP contribution < -0.4 is 10.1 Å². The van der Waals surface area contributed by atoms with E-state index in [1.807, 2.05) is 6.92 Å². The molecule has 0 unspecified atom stereocenters. The second-order valence-electron chi connectivity index (χ2n) is 3.61. The Balaban J connectivity index is 2.77. The molecule has 5 nitrogen and oxygen atoms in total. The lowest BCUT2D eigenvalue weighted by molar-refractivity contribution is 0.308. The van der Waals surface area contributed by atoms with E-state index in [9.17, 15) is 0 Å². The molecular formula is C10H18N4OS. The molecule has 0 radical (unpaired) electrons. The van der Waals surface area contributed by atoms with Crippen LogP contribution in [0.2, 0.25) is 0 Å². The second kappa shape index (κ2) is 6.52. The fourth-order valence-corrected chi connectivity index (χ4v) is 1.73. The molecule has 16 heavy (non-hydrogen) atoms. The monoisotopic (exact) mass is 242 g/mol. The predicted molar refractivity (Wildman–Crippen MR) is 66.1 cm³/mol. The van der Waals surface area contributed by atoms with Crippen LogP contribution in [0.3, 0.4) is 0 Å².